The van der Waals surface area contributed by atoms with Gasteiger partial charge in [0.2, 0.25) is 0 Å². The lowest BCUT2D eigenvalue weighted by molar-refractivity contribution is 0.528. The molecule has 102 valence electrons. The molecule has 5 heteroatoms. The van der Waals surface area contributed by atoms with E-state index in [0.717, 1.165) is 30.0 Å². The van der Waals surface area contributed by atoms with Crippen LogP contribution in [0.25, 0.3) is 0 Å². The molecule has 1 heterocycles. The number of hydrogen-bond donors (Lipinski definition) is 1. The summed E-state index contributed by atoms with van der Waals surface area (Å²) in [5, 5.41) is 7.98. The second kappa shape index (κ2) is 7.25. The van der Waals surface area contributed by atoms with Gasteiger partial charge in [0.25, 0.3) is 0 Å². The van der Waals surface area contributed by atoms with Crippen molar-refractivity contribution in [2.24, 2.45) is 0 Å². The molecule has 0 fully saturated rings. The van der Waals surface area contributed by atoms with Crippen molar-refractivity contribution in [2.45, 2.75) is 25.8 Å². The van der Waals surface area contributed by atoms with E-state index < -0.39 is 0 Å². The van der Waals surface area contributed by atoms with Crippen molar-refractivity contribution >= 4 is 34.5 Å². The second-order valence-corrected chi connectivity index (χ2v) is 6.19. The summed E-state index contributed by atoms with van der Waals surface area (Å²) in [6, 6.07) is 5.89. The normalized spacial score (nSPS) is 12.6. The average Bonchev–Trinajstić information content (AvgIpc) is 2.86. The van der Waals surface area contributed by atoms with Crippen LogP contribution in [0, 0.1) is 0 Å². The molecule has 1 atom stereocenters. The number of halogens is 2. The van der Waals surface area contributed by atoms with Gasteiger partial charge in [-0.25, -0.2) is 4.98 Å². The van der Waals surface area contributed by atoms with Crippen molar-refractivity contribution in [3.8, 4) is 0 Å². The molecule has 0 radical (unpaired) electrons. The zero-order valence-electron chi connectivity index (χ0n) is 10.7. The quantitative estimate of drug-likeness (QED) is 0.833. The third-order valence-corrected chi connectivity index (χ3v) is 4.03. The molecule has 0 aliphatic rings. The maximum atomic E-state index is 6.08. The zero-order chi connectivity index (χ0) is 13.7. The molecule has 0 saturated carbocycles. The first-order valence-electron chi connectivity index (χ1n) is 6.26. The summed E-state index contributed by atoms with van der Waals surface area (Å²) in [6.45, 7) is 3.11. The fourth-order valence-electron chi connectivity index (χ4n) is 1.93. The average molecular weight is 315 g/mol. The molecule has 1 aromatic carbocycles. The van der Waals surface area contributed by atoms with Gasteiger partial charge in [0.05, 0.1) is 5.01 Å². The molecule has 2 rings (SSSR count). The summed E-state index contributed by atoms with van der Waals surface area (Å²) in [7, 11) is 0. The summed E-state index contributed by atoms with van der Waals surface area (Å²) in [6.07, 6.45) is 3.78. The Morgan fingerprint density at radius 2 is 2.00 bits per heavy atom. The van der Waals surface area contributed by atoms with E-state index in [1.54, 1.807) is 17.4 Å². The Labute approximate surface area is 127 Å². The van der Waals surface area contributed by atoms with Crippen LogP contribution >= 0.6 is 34.5 Å². The van der Waals surface area contributed by atoms with Gasteiger partial charge in [0.15, 0.2) is 0 Å². The maximum absolute atomic E-state index is 6.08. The lowest BCUT2D eigenvalue weighted by Gasteiger charge is -2.18. The molecule has 0 saturated heterocycles. The fraction of sp³-hybridized carbons (Fsp3) is 0.357. The van der Waals surface area contributed by atoms with E-state index in [2.05, 4.69) is 17.2 Å². The molecule has 0 amide bonds. The molecule has 1 N–H and O–H groups in total. The highest BCUT2D eigenvalue weighted by Crippen LogP contribution is 2.26. The Morgan fingerprint density at radius 1 is 1.26 bits per heavy atom. The van der Waals surface area contributed by atoms with Crippen LogP contribution in [0.2, 0.25) is 10.0 Å². The lowest BCUT2D eigenvalue weighted by Crippen LogP contribution is -2.24. The first kappa shape index (κ1) is 14.8. The lowest BCUT2D eigenvalue weighted by atomic mass is 10.0. The molecule has 1 aromatic heterocycles. The Balaban J connectivity index is 2.20. The van der Waals surface area contributed by atoms with Gasteiger partial charge in [-0.05, 0) is 36.7 Å². The van der Waals surface area contributed by atoms with Gasteiger partial charge < -0.3 is 5.32 Å². The van der Waals surface area contributed by atoms with E-state index in [0.29, 0.717) is 10.0 Å². The van der Waals surface area contributed by atoms with E-state index in [4.69, 9.17) is 23.2 Å². The maximum Gasteiger partial charge on any atom is 0.0943 e. The van der Waals surface area contributed by atoms with E-state index in [1.165, 1.54) is 0 Å². The van der Waals surface area contributed by atoms with Crippen LogP contribution < -0.4 is 5.32 Å². The van der Waals surface area contributed by atoms with Crippen LogP contribution in [0.3, 0.4) is 0 Å². The number of hydrogen-bond acceptors (Lipinski definition) is 3. The number of aromatic nitrogens is 1. The summed E-state index contributed by atoms with van der Waals surface area (Å²) in [5.41, 5.74) is 1.11. The van der Waals surface area contributed by atoms with Crippen molar-refractivity contribution in [3.05, 3.63) is 50.4 Å². The summed E-state index contributed by atoms with van der Waals surface area (Å²) in [4.78, 5) is 4.35. The van der Waals surface area contributed by atoms with E-state index >= 15 is 0 Å². The number of nitrogens with one attached hydrogen (secondary N) is 1. The van der Waals surface area contributed by atoms with Crippen molar-refractivity contribution in [1.82, 2.24) is 10.3 Å². The highest BCUT2D eigenvalue weighted by Gasteiger charge is 2.14. The molecule has 0 aliphatic carbocycles. The summed E-state index contributed by atoms with van der Waals surface area (Å²) in [5.74, 6) is 0. The second-order valence-electron chi connectivity index (χ2n) is 4.34. The summed E-state index contributed by atoms with van der Waals surface area (Å²) >= 11 is 13.8. The van der Waals surface area contributed by atoms with Gasteiger partial charge in [-0.15, -0.1) is 11.3 Å². The van der Waals surface area contributed by atoms with Crippen LogP contribution in [0.15, 0.2) is 29.8 Å². The van der Waals surface area contributed by atoms with Crippen molar-refractivity contribution < 1.29 is 0 Å². The Hall–Kier alpha value is -0.610. The molecule has 19 heavy (non-hydrogen) atoms. The SMILES string of the molecule is CCCNC(Cc1nccs1)c1cc(Cl)cc(Cl)c1. The number of rotatable bonds is 6. The molecule has 0 bridgehead atoms. The molecular formula is C14H16Cl2N2S. The van der Waals surface area contributed by atoms with Crippen LogP contribution in [0.1, 0.15) is 30.0 Å². The van der Waals surface area contributed by atoms with Gasteiger partial charge in [-0.3, -0.25) is 0 Å². The van der Waals surface area contributed by atoms with E-state index in [9.17, 15) is 0 Å². The van der Waals surface area contributed by atoms with Crippen LogP contribution in [-0.4, -0.2) is 11.5 Å². The Morgan fingerprint density at radius 3 is 2.58 bits per heavy atom. The predicted octanol–water partition coefficient (Wildman–Crippen LogP) is 4.73. The Kier molecular flexibility index (Phi) is 5.64. The van der Waals surface area contributed by atoms with Gasteiger partial charge in [0, 0.05) is 34.1 Å². The van der Waals surface area contributed by atoms with Gasteiger partial charge in [-0.2, -0.15) is 0 Å². The standard InChI is InChI=1S/C14H16Cl2N2S/c1-2-3-17-13(9-14-18-4-5-19-14)10-6-11(15)8-12(16)7-10/h4-8,13,17H,2-3,9H2,1H3. The molecule has 0 aliphatic heterocycles. The first-order valence-corrected chi connectivity index (χ1v) is 7.90. The zero-order valence-corrected chi connectivity index (χ0v) is 13.0. The largest absolute Gasteiger partial charge is 0.310 e. The highest BCUT2D eigenvalue weighted by molar-refractivity contribution is 7.09. The number of nitrogens with zero attached hydrogens (tertiary/aromatic N) is 1. The molecule has 1 unspecified atom stereocenters. The van der Waals surface area contributed by atoms with Crippen LogP contribution in [0.5, 0.6) is 0 Å². The van der Waals surface area contributed by atoms with E-state index in [1.807, 2.05) is 23.7 Å². The highest BCUT2D eigenvalue weighted by atomic mass is 35.5. The molecular weight excluding hydrogens is 299 g/mol. The first-order chi connectivity index (χ1) is 9.19. The van der Waals surface area contributed by atoms with Crippen molar-refractivity contribution in [2.75, 3.05) is 6.54 Å². The summed E-state index contributed by atoms with van der Waals surface area (Å²) < 4.78 is 0. The van der Waals surface area contributed by atoms with E-state index in [-0.39, 0.29) is 6.04 Å². The molecule has 0 spiro atoms. The number of thiazole rings is 1. The smallest absolute Gasteiger partial charge is 0.0943 e. The van der Waals surface area contributed by atoms with Gasteiger partial charge in [0.1, 0.15) is 0 Å². The third-order valence-electron chi connectivity index (χ3n) is 2.79. The van der Waals surface area contributed by atoms with Gasteiger partial charge in [-0.1, -0.05) is 30.1 Å². The van der Waals surface area contributed by atoms with Crippen LogP contribution in [-0.2, 0) is 6.42 Å². The predicted molar refractivity (Wildman–Crippen MR) is 83.3 cm³/mol. The van der Waals surface area contributed by atoms with Crippen LogP contribution in [0.4, 0.5) is 0 Å². The molecule has 2 nitrogen and oxygen atoms in total. The third kappa shape index (κ3) is 4.46. The fourth-order valence-corrected chi connectivity index (χ4v) is 3.14. The molecule has 2 aromatic rings. The number of benzene rings is 1. The monoisotopic (exact) mass is 314 g/mol. The topological polar surface area (TPSA) is 24.9 Å². The minimum absolute atomic E-state index is 0.197. The van der Waals surface area contributed by atoms with Crippen molar-refractivity contribution in [1.29, 1.82) is 0 Å². The minimum atomic E-state index is 0.197. The van der Waals surface area contributed by atoms with Gasteiger partial charge >= 0.3 is 0 Å². The minimum Gasteiger partial charge on any atom is -0.310 e. The Bertz CT molecular complexity index is 494. The van der Waals surface area contributed by atoms with Crippen molar-refractivity contribution in [3.63, 3.8) is 0 Å².